The highest BCUT2D eigenvalue weighted by Gasteiger charge is 2.27. The molecule has 0 bridgehead atoms. The van der Waals surface area contributed by atoms with Crippen molar-refractivity contribution in [3.8, 4) is 0 Å². The van der Waals surface area contributed by atoms with E-state index in [1.807, 2.05) is 20.8 Å². The van der Waals surface area contributed by atoms with Crippen LogP contribution in [0, 0.1) is 12.8 Å². The van der Waals surface area contributed by atoms with E-state index < -0.39 is 27.7 Å². The molecule has 160 valence electrons. The molecule has 0 spiro atoms. The summed E-state index contributed by atoms with van der Waals surface area (Å²) in [5.74, 6) is -0.693. The maximum absolute atomic E-state index is 12.9. The van der Waals surface area contributed by atoms with Crippen molar-refractivity contribution in [3.63, 3.8) is 0 Å². The first-order valence-electron chi connectivity index (χ1n) is 9.42. The van der Waals surface area contributed by atoms with Crippen LogP contribution in [0.25, 0.3) is 11.1 Å². The second-order valence-electron chi connectivity index (χ2n) is 7.57. The van der Waals surface area contributed by atoms with Crippen LogP contribution in [0.2, 0.25) is 0 Å². The molecule has 0 saturated heterocycles. The second kappa shape index (κ2) is 8.41. The average molecular weight is 433 g/mol. The third kappa shape index (κ3) is 4.77. The first kappa shape index (κ1) is 21.7. The van der Waals surface area contributed by atoms with Gasteiger partial charge in [-0.05, 0) is 43.0 Å². The number of aryl methyl sites for hydroxylation is 2. The minimum Gasteiger partial charge on any atom is -0.408 e. The van der Waals surface area contributed by atoms with Crippen molar-refractivity contribution in [1.82, 2.24) is 14.3 Å². The molecular formula is C20H24N4O5S. The smallest absolute Gasteiger partial charge is 0.408 e. The number of pyridine rings is 1. The van der Waals surface area contributed by atoms with Gasteiger partial charge in [0.05, 0.1) is 10.4 Å². The molecule has 2 N–H and O–H groups in total. The molecule has 1 amide bonds. The summed E-state index contributed by atoms with van der Waals surface area (Å²) in [5, 5.41) is 2.65. The average Bonchev–Trinajstić information content (AvgIpc) is 2.96. The highest BCUT2D eigenvalue weighted by molar-refractivity contribution is 7.89. The van der Waals surface area contributed by atoms with E-state index in [4.69, 9.17) is 4.42 Å². The number of benzene rings is 1. The summed E-state index contributed by atoms with van der Waals surface area (Å²) in [6.07, 6.45) is 1.90. The van der Waals surface area contributed by atoms with Crippen LogP contribution < -0.4 is 15.8 Å². The minimum absolute atomic E-state index is 0.0593. The summed E-state index contributed by atoms with van der Waals surface area (Å²) in [6.45, 7) is 5.66. The molecule has 3 rings (SSSR count). The van der Waals surface area contributed by atoms with Gasteiger partial charge in [-0.2, -0.15) is 4.72 Å². The zero-order valence-corrected chi connectivity index (χ0v) is 18.0. The zero-order chi connectivity index (χ0) is 22.1. The van der Waals surface area contributed by atoms with E-state index in [1.165, 1.54) is 29.8 Å². The van der Waals surface area contributed by atoms with Crippen LogP contribution in [0.4, 0.5) is 5.82 Å². The van der Waals surface area contributed by atoms with E-state index in [-0.39, 0.29) is 16.4 Å². The van der Waals surface area contributed by atoms with E-state index in [9.17, 15) is 18.0 Å². The molecule has 2 heterocycles. The number of nitrogens with one attached hydrogen (secondary N) is 2. The van der Waals surface area contributed by atoms with E-state index in [0.717, 1.165) is 5.56 Å². The maximum atomic E-state index is 12.9. The molecule has 1 atom stereocenters. The number of carbonyl (C=O) groups excluding carboxylic acids is 1. The number of hydrogen-bond donors (Lipinski definition) is 2. The van der Waals surface area contributed by atoms with Crippen molar-refractivity contribution < 1.29 is 17.6 Å². The lowest BCUT2D eigenvalue weighted by molar-refractivity contribution is -0.118. The number of carbonyl (C=O) groups is 1. The Morgan fingerprint density at radius 2 is 1.97 bits per heavy atom. The third-order valence-corrected chi connectivity index (χ3v) is 6.03. The van der Waals surface area contributed by atoms with Gasteiger partial charge in [0.15, 0.2) is 5.58 Å². The molecule has 1 aromatic carbocycles. The Labute approximate surface area is 174 Å². The Kier molecular flexibility index (Phi) is 6.09. The molecule has 9 nitrogen and oxygen atoms in total. The van der Waals surface area contributed by atoms with Crippen LogP contribution >= 0.6 is 0 Å². The van der Waals surface area contributed by atoms with Crippen molar-refractivity contribution in [2.24, 2.45) is 13.0 Å². The van der Waals surface area contributed by atoms with Gasteiger partial charge in [0, 0.05) is 19.3 Å². The number of rotatable bonds is 7. The molecule has 0 aliphatic carbocycles. The molecular weight excluding hydrogens is 408 g/mol. The molecule has 2 aromatic heterocycles. The zero-order valence-electron chi connectivity index (χ0n) is 17.2. The monoisotopic (exact) mass is 432 g/mol. The van der Waals surface area contributed by atoms with Gasteiger partial charge in [0.2, 0.25) is 15.9 Å². The van der Waals surface area contributed by atoms with Crippen LogP contribution in [0.1, 0.15) is 25.8 Å². The molecule has 0 saturated carbocycles. The molecule has 3 aromatic rings. The summed E-state index contributed by atoms with van der Waals surface area (Å²) < 4.78 is 34.7. The van der Waals surface area contributed by atoms with E-state index in [2.05, 4.69) is 15.0 Å². The van der Waals surface area contributed by atoms with Crippen LogP contribution in [0.5, 0.6) is 0 Å². The number of nitrogens with zero attached hydrogens (tertiary/aromatic N) is 2. The van der Waals surface area contributed by atoms with Crippen molar-refractivity contribution >= 4 is 32.8 Å². The Morgan fingerprint density at radius 1 is 1.23 bits per heavy atom. The fourth-order valence-electron chi connectivity index (χ4n) is 2.97. The first-order valence-corrected chi connectivity index (χ1v) is 10.9. The Balaban J connectivity index is 1.86. The van der Waals surface area contributed by atoms with Gasteiger partial charge in [-0.1, -0.05) is 19.9 Å². The molecule has 0 fully saturated rings. The van der Waals surface area contributed by atoms with Crippen molar-refractivity contribution in [3.05, 3.63) is 52.6 Å². The van der Waals surface area contributed by atoms with Gasteiger partial charge < -0.3 is 9.73 Å². The number of amides is 1. The molecule has 0 radical (unpaired) electrons. The highest BCUT2D eigenvalue weighted by Crippen LogP contribution is 2.19. The van der Waals surface area contributed by atoms with E-state index in [1.54, 1.807) is 18.3 Å². The summed E-state index contributed by atoms with van der Waals surface area (Å²) in [5.41, 5.74) is 1.57. The Bertz CT molecular complexity index is 1230. The summed E-state index contributed by atoms with van der Waals surface area (Å²) >= 11 is 0. The third-order valence-electron chi connectivity index (χ3n) is 4.56. The predicted octanol–water partition coefficient (Wildman–Crippen LogP) is 2.17. The van der Waals surface area contributed by atoms with Gasteiger partial charge in [0.25, 0.3) is 0 Å². The summed E-state index contributed by atoms with van der Waals surface area (Å²) in [4.78, 5) is 28.4. The second-order valence-corrected chi connectivity index (χ2v) is 9.28. The highest BCUT2D eigenvalue weighted by atomic mass is 32.2. The maximum Gasteiger partial charge on any atom is 0.419 e. The van der Waals surface area contributed by atoms with Crippen LogP contribution in [-0.4, -0.2) is 29.9 Å². The van der Waals surface area contributed by atoms with Gasteiger partial charge in [-0.15, -0.1) is 0 Å². The van der Waals surface area contributed by atoms with Gasteiger partial charge >= 0.3 is 5.76 Å². The minimum atomic E-state index is -4.05. The predicted molar refractivity (Wildman–Crippen MR) is 113 cm³/mol. The molecule has 30 heavy (non-hydrogen) atoms. The normalized spacial score (nSPS) is 13.0. The number of aromatic nitrogens is 2. The van der Waals surface area contributed by atoms with Crippen LogP contribution in [-0.2, 0) is 21.9 Å². The largest absolute Gasteiger partial charge is 0.419 e. The van der Waals surface area contributed by atoms with Gasteiger partial charge in [-0.3, -0.25) is 9.36 Å². The molecule has 1 unspecified atom stereocenters. The summed E-state index contributed by atoms with van der Waals surface area (Å²) in [7, 11) is -2.52. The molecule has 0 aliphatic rings. The lowest BCUT2D eigenvalue weighted by atomic mass is 10.0. The quantitative estimate of drug-likeness (QED) is 0.590. The topological polar surface area (TPSA) is 123 Å². The van der Waals surface area contributed by atoms with E-state index in [0.29, 0.717) is 17.8 Å². The summed E-state index contributed by atoms with van der Waals surface area (Å²) in [6, 6.07) is 6.57. The van der Waals surface area contributed by atoms with Gasteiger partial charge in [-0.25, -0.2) is 18.2 Å². The van der Waals surface area contributed by atoms with Crippen molar-refractivity contribution in [1.29, 1.82) is 0 Å². The lowest BCUT2D eigenvalue weighted by Crippen LogP contribution is -2.44. The fraction of sp³-hybridized carbons (Fsp3) is 0.350. The fourth-order valence-corrected chi connectivity index (χ4v) is 4.20. The number of hydrogen-bond acceptors (Lipinski definition) is 6. The van der Waals surface area contributed by atoms with Crippen LogP contribution in [0.3, 0.4) is 0 Å². The molecule has 10 heteroatoms. The Morgan fingerprint density at radius 3 is 2.60 bits per heavy atom. The van der Waals surface area contributed by atoms with Crippen molar-refractivity contribution in [2.45, 2.75) is 38.1 Å². The van der Waals surface area contributed by atoms with Gasteiger partial charge in [0.1, 0.15) is 11.9 Å². The lowest BCUT2D eigenvalue weighted by Gasteiger charge is -2.20. The van der Waals surface area contributed by atoms with E-state index >= 15 is 0 Å². The van der Waals surface area contributed by atoms with Crippen LogP contribution in [0.15, 0.2) is 50.6 Å². The Hall–Kier alpha value is -2.98. The number of oxazole rings is 1. The number of fused-ring (bicyclic) bond motifs is 1. The van der Waals surface area contributed by atoms with Crippen molar-refractivity contribution in [2.75, 3.05) is 5.32 Å². The SMILES string of the molecule is Cc1ccc(NC(=O)C(CC(C)C)NS(=O)(=O)c2ccc3c(c2)oc(=O)n3C)nc1. The first-order chi connectivity index (χ1) is 14.1. The standard InChI is InChI=1S/C20H24N4O5S/c1-12(2)9-15(19(25)22-18-8-5-13(3)11-21-18)23-30(27,28)14-6-7-16-17(10-14)29-20(26)24(16)4/h5-8,10-12,15,23H,9H2,1-4H3,(H,21,22,25). The number of sulfonamides is 1. The number of anilines is 1. The molecule has 0 aliphatic heterocycles.